The van der Waals surface area contributed by atoms with Crippen LogP contribution in [-0.2, 0) is 15.8 Å². The quantitative estimate of drug-likeness (QED) is 0.0821. The van der Waals surface area contributed by atoms with E-state index in [1.165, 1.54) is 47.1 Å². The van der Waals surface area contributed by atoms with E-state index in [1.807, 2.05) is 24.3 Å². The number of ether oxygens (including phenoxy) is 5. The second-order valence-corrected chi connectivity index (χ2v) is 16.7. The zero-order chi connectivity index (χ0) is 40.4. The van der Waals surface area contributed by atoms with E-state index in [1.54, 1.807) is 14.2 Å². The lowest BCUT2D eigenvalue weighted by atomic mass is 9.65. The monoisotopic (exact) mass is 794 g/mol. The maximum Gasteiger partial charge on any atom is 0.178 e. The molecule has 4 unspecified atom stereocenters. The van der Waals surface area contributed by atoms with E-state index < -0.39 is 5.60 Å². The van der Waals surface area contributed by atoms with Gasteiger partial charge in [-0.15, -0.1) is 0 Å². The van der Waals surface area contributed by atoms with Crippen molar-refractivity contribution in [2.75, 3.05) is 52.2 Å². The van der Waals surface area contributed by atoms with Crippen LogP contribution in [0.5, 0.6) is 23.0 Å². The number of methoxy groups -OCH3 is 2. The van der Waals surface area contributed by atoms with Crippen molar-refractivity contribution >= 4 is 22.5 Å². The van der Waals surface area contributed by atoms with Crippen molar-refractivity contribution in [1.82, 2.24) is 0 Å². The first-order chi connectivity index (χ1) is 29.6. The number of nitrogens with zero attached hydrogens (tertiary/aromatic N) is 4. The Morgan fingerprint density at radius 3 is 2.37 bits per heavy atom. The highest BCUT2D eigenvalue weighted by Crippen LogP contribution is 2.69. The summed E-state index contributed by atoms with van der Waals surface area (Å²) in [5.41, 5.74) is 19.5. The molecule has 300 valence electrons. The maximum absolute atomic E-state index is 8.75. The number of rotatable bonds is 9. The zero-order valence-electron chi connectivity index (χ0n) is 33.9. The summed E-state index contributed by atoms with van der Waals surface area (Å²) in [6.45, 7) is 2.84. The molecule has 1 saturated heterocycles. The van der Waals surface area contributed by atoms with Gasteiger partial charge in [-0.25, -0.2) is 0 Å². The van der Waals surface area contributed by atoms with Crippen molar-refractivity contribution in [2.45, 2.75) is 36.7 Å². The van der Waals surface area contributed by atoms with E-state index in [0.29, 0.717) is 30.8 Å². The summed E-state index contributed by atoms with van der Waals surface area (Å²) in [6.07, 6.45) is 9.65. The fraction of sp³-hybridized carbons (Fsp3) is 0.294. The Balaban J connectivity index is 1.18. The lowest BCUT2D eigenvalue weighted by molar-refractivity contribution is 0.122. The van der Waals surface area contributed by atoms with Gasteiger partial charge in [0.05, 0.1) is 33.1 Å². The topological polar surface area (TPSA) is 98.2 Å². The standard InChI is InChI=1S/C51H46N4O5/c1-56-45-19-16-36(27-44(45)55-22-24-58-25-23-55)51(34-8-4-3-5-9-34)21-20-39-48-47(38-10-6-7-11-43(38)50(48)30-32-12-15-35(50)26-32)41-28-40(46(57-2)29-42(41)49(39)60-51)33-13-17-37(18-14-33)59-31-53-54-52/h3-11,13-14,16-21,27-29,32,35H,12,15,22-26,30-31H2,1-2H3. The van der Waals surface area contributed by atoms with Gasteiger partial charge in [0.15, 0.2) is 12.3 Å². The molecule has 5 aliphatic rings. The second kappa shape index (κ2) is 14.4. The van der Waals surface area contributed by atoms with E-state index in [9.17, 15) is 0 Å². The summed E-state index contributed by atoms with van der Waals surface area (Å²) in [6, 6.07) is 38.7. The summed E-state index contributed by atoms with van der Waals surface area (Å²) in [5, 5.41) is 5.70. The first kappa shape index (κ1) is 36.7. The summed E-state index contributed by atoms with van der Waals surface area (Å²) < 4.78 is 31.5. The van der Waals surface area contributed by atoms with E-state index in [-0.39, 0.29) is 12.1 Å². The van der Waals surface area contributed by atoms with E-state index >= 15 is 0 Å². The summed E-state index contributed by atoms with van der Waals surface area (Å²) in [7, 11) is 3.48. The van der Waals surface area contributed by atoms with Crippen molar-refractivity contribution in [3.05, 3.63) is 154 Å². The van der Waals surface area contributed by atoms with Gasteiger partial charge >= 0.3 is 0 Å². The van der Waals surface area contributed by atoms with Gasteiger partial charge in [-0.1, -0.05) is 90.4 Å². The lowest BCUT2D eigenvalue weighted by Gasteiger charge is -2.41. The van der Waals surface area contributed by atoms with Crippen LogP contribution in [0, 0.1) is 11.8 Å². The first-order valence-corrected chi connectivity index (χ1v) is 21.1. The molecule has 60 heavy (non-hydrogen) atoms. The highest BCUT2D eigenvalue weighted by atomic mass is 16.5. The van der Waals surface area contributed by atoms with Crippen molar-refractivity contribution in [1.29, 1.82) is 0 Å². The Hall–Kier alpha value is -6.41. The van der Waals surface area contributed by atoms with Crippen LogP contribution in [0.2, 0.25) is 0 Å². The minimum Gasteiger partial charge on any atom is -0.496 e. The van der Waals surface area contributed by atoms with Gasteiger partial charge in [0.25, 0.3) is 0 Å². The Morgan fingerprint density at radius 2 is 1.62 bits per heavy atom. The molecule has 6 aromatic rings. The molecule has 2 heterocycles. The fourth-order valence-corrected chi connectivity index (χ4v) is 11.5. The predicted molar refractivity (Wildman–Crippen MR) is 235 cm³/mol. The normalized spacial score (nSPS) is 23.1. The van der Waals surface area contributed by atoms with Crippen molar-refractivity contribution in [2.24, 2.45) is 17.0 Å². The molecule has 2 bridgehead atoms. The first-order valence-electron chi connectivity index (χ1n) is 21.1. The third-order valence-corrected chi connectivity index (χ3v) is 14.0. The number of morpholine rings is 1. The summed E-state index contributed by atoms with van der Waals surface area (Å²) in [5.74, 6) is 4.35. The number of anilines is 1. The molecule has 1 spiro atoms. The smallest absolute Gasteiger partial charge is 0.178 e. The van der Waals surface area contributed by atoms with Gasteiger partial charge in [0.2, 0.25) is 0 Å². The van der Waals surface area contributed by atoms with Crippen LogP contribution in [0.3, 0.4) is 0 Å². The molecule has 0 N–H and O–H groups in total. The molecule has 0 radical (unpaired) electrons. The molecular weight excluding hydrogens is 749 g/mol. The van der Waals surface area contributed by atoms with Crippen LogP contribution in [0.4, 0.5) is 5.69 Å². The summed E-state index contributed by atoms with van der Waals surface area (Å²) >= 11 is 0. The average molecular weight is 795 g/mol. The number of fused-ring (bicyclic) bond motifs is 13. The molecular formula is C51H46N4O5. The van der Waals surface area contributed by atoms with Gasteiger partial charge in [-0.05, 0) is 112 Å². The Morgan fingerprint density at radius 1 is 0.817 bits per heavy atom. The third kappa shape index (κ3) is 5.45. The average Bonchev–Trinajstić information content (AvgIpc) is 4.02. The van der Waals surface area contributed by atoms with E-state index in [0.717, 1.165) is 75.5 Å². The van der Waals surface area contributed by atoms with Gasteiger partial charge in [0, 0.05) is 51.1 Å². The lowest BCUT2D eigenvalue weighted by Crippen LogP contribution is -2.38. The number of azide groups is 1. The Kier molecular flexibility index (Phi) is 8.80. The van der Waals surface area contributed by atoms with Crippen molar-refractivity contribution < 1.29 is 23.7 Å². The molecule has 2 saturated carbocycles. The zero-order valence-corrected chi connectivity index (χ0v) is 33.9. The van der Waals surface area contributed by atoms with Crippen molar-refractivity contribution in [3.8, 4) is 45.3 Å². The molecule has 6 aromatic carbocycles. The van der Waals surface area contributed by atoms with E-state index in [4.69, 9.17) is 29.2 Å². The molecule has 3 fully saturated rings. The SMILES string of the molecule is COc1cc2c3c(c4c(c2cc1-c1ccc(OCN=[N+]=[N-])cc1)-c1ccccc1C41CC2CCC1C2)C=CC(c1ccccc1)(c1ccc(OC)c(N2CCOCC2)c1)O3. The van der Waals surface area contributed by atoms with Gasteiger partial charge in [0.1, 0.15) is 23.0 Å². The van der Waals surface area contributed by atoms with Crippen LogP contribution in [0.1, 0.15) is 53.5 Å². The second-order valence-electron chi connectivity index (χ2n) is 16.7. The highest BCUT2D eigenvalue weighted by molar-refractivity contribution is 6.11. The highest BCUT2D eigenvalue weighted by Gasteiger charge is 2.58. The summed E-state index contributed by atoms with van der Waals surface area (Å²) in [4.78, 5) is 5.17. The van der Waals surface area contributed by atoms with E-state index in [2.05, 4.69) is 112 Å². The van der Waals surface area contributed by atoms with Crippen LogP contribution in [0.25, 0.3) is 49.5 Å². The molecule has 0 amide bonds. The maximum atomic E-state index is 8.75. The fourth-order valence-electron chi connectivity index (χ4n) is 11.5. The molecule has 9 heteroatoms. The number of hydrogen-bond donors (Lipinski definition) is 0. The molecule has 4 atom stereocenters. The van der Waals surface area contributed by atoms with Gasteiger partial charge in [-0.3, -0.25) is 0 Å². The minimum atomic E-state index is -0.951. The van der Waals surface area contributed by atoms with Crippen LogP contribution < -0.4 is 23.8 Å². The van der Waals surface area contributed by atoms with Crippen LogP contribution >= 0.6 is 0 Å². The minimum absolute atomic E-state index is 0.0701. The van der Waals surface area contributed by atoms with Crippen LogP contribution in [0.15, 0.2) is 120 Å². The van der Waals surface area contributed by atoms with Gasteiger partial charge < -0.3 is 28.6 Å². The Bertz CT molecular complexity index is 2740. The Labute approximate surface area is 349 Å². The molecule has 3 aliphatic carbocycles. The molecule has 2 aliphatic heterocycles. The third-order valence-electron chi connectivity index (χ3n) is 14.0. The largest absolute Gasteiger partial charge is 0.496 e. The van der Waals surface area contributed by atoms with Gasteiger partial charge in [-0.2, -0.15) is 0 Å². The van der Waals surface area contributed by atoms with Crippen molar-refractivity contribution in [3.63, 3.8) is 0 Å². The molecule has 0 aromatic heterocycles. The molecule has 9 nitrogen and oxygen atoms in total. The number of hydrogen-bond acceptors (Lipinski definition) is 7. The predicted octanol–water partition coefficient (Wildman–Crippen LogP) is 11.4. The molecule has 11 rings (SSSR count). The van der Waals surface area contributed by atoms with Crippen LogP contribution in [-0.4, -0.2) is 47.3 Å². The number of benzene rings is 6.